The molecule has 0 radical (unpaired) electrons. The number of fused-ring (bicyclic) bond motifs is 2. The molecule has 1 heterocycles. The zero-order valence-electron chi connectivity index (χ0n) is 13.8. The second-order valence-corrected chi connectivity index (χ2v) is 7.35. The van der Waals surface area contributed by atoms with Crippen molar-refractivity contribution >= 4 is 16.8 Å². The molecule has 0 saturated heterocycles. The fraction of sp³-hybridized carbons (Fsp3) is 0.526. The van der Waals surface area contributed by atoms with Crippen LogP contribution in [0.1, 0.15) is 36.0 Å². The second-order valence-electron chi connectivity index (χ2n) is 7.35. The Morgan fingerprint density at radius 1 is 1.17 bits per heavy atom. The number of rotatable bonds is 2. The van der Waals surface area contributed by atoms with E-state index >= 15 is 0 Å². The summed E-state index contributed by atoms with van der Waals surface area (Å²) in [6, 6.07) is 8.27. The van der Waals surface area contributed by atoms with Gasteiger partial charge < -0.3 is 14.6 Å². The quantitative estimate of drug-likeness (QED) is 0.927. The summed E-state index contributed by atoms with van der Waals surface area (Å²) in [7, 11) is 3.94. The SMILES string of the molecule is CN(C(=O)c1cccc2c1ccn2C)C1C[C@H]2CC(O)C[C@H]2C1. The van der Waals surface area contributed by atoms with Crippen LogP contribution >= 0.6 is 0 Å². The Hall–Kier alpha value is -1.81. The molecule has 1 aromatic carbocycles. The van der Waals surface area contributed by atoms with Gasteiger partial charge in [-0.2, -0.15) is 0 Å². The lowest BCUT2D eigenvalue weighted by Crippen LogP contribution is -2.36. The summed E-state index contributed by atoms with van der Waals surface area (Å²) in [5, 5.41) is 10.8. The molecular formula is C19H24N2O2. The van der Waals surface area contributed by atoms with Crippen LogP contribution < -0.4 is 0 Å². The van der Waals surface area contributed by atoms with E-state index in [0.29, 0.717) is 17.9 Å². The van der Waals surface area contributed by atoms with Crippen LogP contribution in [0, 0.1) is 11.8 Å². The first kappa shape index (κ1) is 14.8. The smallest absolute Gasteiger partial charge is 0.254 e. The first-order chi connectivity index (χ1) is 11.0. The Bertz CT molecular complexity index is 737. The molecule has 1 amide bonds. The molecule has 2 aliphatic carbocycles. The van der Waals surface area contributed by atoms with E-state index in [0.717, 1.165) is 42.1 Å². The number of hydrogen-bond acceptors (Lipinski definition) is 2. The van der Waals surface area contributed by atoms with Crippen LogP contribution in [0.5, 0.6) is 0 Å². The highest BCUT2D eigenvalue weighted by Gasteiger charge is 2.43. The molecule has 4 nitrogen and oxygen atoms in total. The lowest BCUT2D eigenvalue weighted by atomic mass is 10.0. The monoisotopic (exact) mass is 312 g/mol. The highest BCUT2D eigenvalue weighted by Crippen LogP contribution is 2.45. The van der Waals surface area contributed by atoms with Gasteiger partial charge in [0.2, 0.25) is 0 Å². The summed E-state index contributed by atoms with van der Waals surface area (Å²) < 4.78 is 2.05. The number of aliphatic hydroxyl groups excluding tert-OH is 1. The number of amides is 1. The van der Waals surface area contributed by atoms with Gasteiger partial charge in [-0.1, -0.05) is 6.07 Å². The van der Waals surface area contributed by atoms with E-state index in [1.165, 1.54) is 0 Å². The van der Waals surface area contributed by atoms with Gasteiger partial charge in [-0.25, -0.2) is 0 Å². The molecule has 122 valence electrons. The number of benzene rings is 1. The third kappa shape index (κ3) is 2.36. The van der Waals surface area contributed by atoms with Crippen molar-refractivity contribution < 1.29 is 9.90 Å². The largest absolute Gasteiger partial charge is 0.393 e. The average Bonchev–Trinajstić information content (AvgIpc) is 3.19. The maximum atomic E-state index is 13.0. The molecule has 2 aromatic rings. The van der Waals surface area contributed by atoms with Crippen LogP contribution in [-0.4, -0.2) is 39.7 Å². The van der Waals surface area contributed by atoms with Crippen LogP contribution in [0.3, 0.4) is 0 Å². The summed E-state index contributed by atoms with van der Waals surface area (Å²) in [6.45, 7) is 0. The predicted molar refractivity (Wildman–Crippen MR) is 90.3 cm³/mol. The van der Waals surface area contributed by atoms with Crippen LogP contribution in [0.25, 0.3) is 10.9 Å². The van der Waals surface area contributed by atoms with Gasteiger partial charge >= 0.3 is 0 Å². The molecule has 23 heavy (non-hydrogen) atoms. The Morgan fingerprint density at radius 3 is 2.57 bits per heavy atom. The molecule has 4 heteroatoms. The molecule has 1 N–H and O–H groups in total. The molecular weight excluding hydrogens is 288 g/mol. The molecule has 2 aliphatic rings. The molecule has 0 bridgehead atoms. The van der Waals surface area contributed by atoms with Crippen molar-refractivity contribution in [2.24, 2.45) is 18.9 Å². The molecule has 4 atom stereocenters. The number of aryl methyl sites for hydroxylation is 1. The third-order valence-electron chi connectivity index (χ3n) is 5.99. The number of aliphatic hydroxyl groups is 1. The fourth-order valence-electron chi connectivity index (χ4n) is 4.71. The molecule has 2 unspecified atom stereocenters. The van der Waals surface area contributed by atoms with Gasteiger partial charge in [0.1, 0.15) is 0 Å². The highest BCUT2D eigenvalue weighted by atomic mass is 16.3. The highest BCUT2D eigenvalue weighted by molar-refractivity contribution is 6.06. The Labute approximate surface area is 136 Å². The van der Waals surface area contributed by atoms with Gasteiger partial charge in [-0.3, -0.25) is 4.79 Å². The van der Waals surface area contributed by atoms with E-state index in [4.69, 9.17) is 0 Å². The van der Waals surface area contributed by atoms with Gasteiger partial charge in [-0.05, 0) is 55.7 Å². The lowest BCUT2D eigenvalue weighted by Gasteiger charge is -2.26. The van der Waals surface area contributed by atoms with E-state index in [1.54, 1.807) is 0 Å². The van der Waals surface area contributed by atoms with Crippen molar-refractivity contribution in [2.45, 2.75) is 37.8 Å². The number of aromatic nitrogens is 1. The normalized spacial score (nSPS) is 29.9. The Balaban J connectivity index is 1.57. The average molecular weight is 312 g/mol. The number of carbonyl (C=O) groups is 1. The fourth-order valence-corrected chi connectivity index (χ4v) is 4.71. The molecule has 1 aromatic heterocycles. The van der Waals surface area contributed by atoms with Crippen molar-refractivity contribution in [1.82, 2.24) is 9.47 Å². The van der Waals surface area contributed by atoms with Crippen LogP contribution in [0.15, 0.2) is 30.5 Å². The zero-order chi connectivity index (χ0) is 16.1. The van der Waals surface area contributed by atoms with Gasteiger partial charge in [0.15, 0.2) is 0 Å². The van der Waals surface area contributed by atoms with Gasteiger partial charge in [0.05, 0.1) is 6.10 Å². The van der Waals surface area contributed by atoms with Crippen molar-refractivity contribution in [1.29, 1.82) is 0 Å². The molecule has 2 fully saturated rings. The maximum Gasteiger partial charge on any atom is 0.254 e. The van der Waals surface area contributed by atoms with E-state index < -0.39 is 0 Å². The van der Waals surface area contributed by atoms with Gasteiger partial charge in [0, 0.05) is 42.8 Å². The van der Waals surface area contributed by atoms with E-state index in [9.17, 15) is 9.90 Å². The standard InChI is InChI=1S/C19H24N2O2/c1-20-7-6-16-17(4-3-5-18(16)20)19(23)21(2)14-8-12-10-15(22)11-13(12)9-14/h3-7,12-15,22H,8-11H2,1-2H3/t12-,13+,14?,15?. The lowest BCUT2D eigenvalue weighted by molar-refractivity contribution is 0.0724. The zero-order valence-corrected chi connectivity index (χ0v) is 13.8. The Morgan fingerprint density at radius 2 is 1.87 bits per heavy atom. The van der Waals surface area contributed by atoms with Crippen LogP contribution in [0.4, 0.5) is 0 Å². The summed E-state index contributed by atoms with van der Waals surface area (Å²) in [4.78, 5) is 14.9. The minimum absolute atomic E-state index is 0.118. The summed E-state index contributed by atoms with van der Waals surface area (Å²) in [5.41, 5.74) is 1.89. The third-order valence-corrected chi connectivity index (χ3v) is 5.99. The molecule has 4 rings (SSSR count). The summed E-state index contributed by atoms with van der Waals surface area (Å²) in [6.07, 6.45) is 5.78. The maximum absolute atomic E-state index is 13.0. The molecule has 0 spiro atoms. The van der Waals surface area contributed by atoms with E-state index in [1.807, 2.05) is 54.0 Å². The first-order valence-corrected chi connectivity index (χ1v) is 8.54. The molecule has 2 saturated carbocycles. The molecule has 0 aliphatic heterocycles. The number of nitrogens with zero attached hydrogens (tertiary/aromatic N) is 2. The number of carbonyl (C=O) groups excluding carboxylic acids is 1. The topological polar surface area (TPSA) is 45.5 Å². The second kappa shape index (κ2) is 5.38. The summed E-state index contributed by atoms with van der Waals surface area (Å²) in [5.74, 6) is 1.31. The van der Waals surface area contributed by atoms with E-state index in [-0.39, 0.29) is 12.0 Å². The predicted octanol–water partition coefficient (Wildman–Crippen LogP) is 2.80. The van der Waals surface area contributed by atoms with E-state index in [2.05, 4.69) is 0 Å². The number of hydrogen-bond donors (Lipinski definition) is 1. The minimum Gasteiger partial charge on any atom is -0.393 e. The van der Waals surface area contributed by atoms with Crippen LogP contribution in [-0.2, 0) is 7.05 Å². The van der Waals surface area contributed by atoms with Gasteiger partial charge in [0.25, 0.3) is 5.91 Å². The minimum atomic E-state index is -0.120. The first-order valence-electron chi connectivity index (χ1n) is 8.54. The summed E-state index contributed by atoms with van der Waals surface area (Å²) >= 11 is 0. The van der Waals surface area contributed by atoms with Crippen molar-refractivity contribution in [2.75, 3.05) is 7.05 Å². The van der Waals surface area contributed by atoms with Crippen molar-refractivity contribution in [3.05, 3.63) is 36.0 Å². The van der Waals surface area contributed by atoms with Gasteiger partial charge in [-0.15, -0.1) is 0 Å². The van der Waals surface area contributed by atoms with Crippen LogP contribution in [0.2, 0.25) is 0 Å². The Kier molecular flexibility index (Phi) is 3.45. The van der Waals surface area contributed by atoms with Crippen molar-refractivity contribution in [3.63, 3.8) is 0 Å². The van der Waals surface area contributed by atoms with Crippen molar-refractivity contribution in [3.8, 4) is 0 Å².